The van der Waals surface area contributed by atoms with E-state index in [9.17, 15) is 4.79 Å². The van der Waals surface area contributed by atoms with E-state index in [4.69, 9.17) is 9.47 Å². The highest BCUT2D eigenvalue weighted by atomic mass is 16.5. The van der Waals surface area contributed by atoms with Gasteiger partial charge in [-0.1, -0.05) is 25.1 Å². The summed E-state index contributed by atoms with van der Waals surface area (Å²) in [7, 11) is 0. The molecule has 2 aliphatic rings. The first kappa shape index (κ1) is 14.2. The van der Waals surface area contributed by atoms with Gasteiger partial charge in [-0.05, 0) is 25.3 Å². The average Bonchev–Trinajstić information content (AvgIpc) is 3.15. The van der Waals surface area contributed by atoms with Gasteiger partial charge in [-0.3, -0.25) is 0 Å². The molecule has 3 atom stereocenters. The van der Waals surface area contributed by atoms with Gasteiger partial charge in [0, 0.05) is 12.2 Å². The van der Waals surface area contributed by atoms with E-state index in [0.717, 1.165) is 37.2 Å². The molecule has 0 saturated carbocycles. The third-order valence-corrected chi connectivity index (χ3v) is 4.18. The fraction of sp³-hybridized carbons (Fsp3) is 0.562. The lowest BCUT2D eigenvalue weighted by Crippen LogP contribution is -2.48. The number of hydrogen-bond acceptors (Lipinski definition) is 3. The number of rotatable bonds is 4. The number of urea groups is 1. The predicted molar refractivity (Wildman–Crippen MR) is 79.4 cm³/mol. The Morgan fingerprint density at radius 3 is 3.05 bits per heavy atom. The summed E-state index contributed by atoms with van der Waals surface area (Å²) in [5, 5.41) is 6.03. The number of carbonyl (C=O) groups is 1. The SMILES string of the molecule is CC[C@H](NC(=O)N[C@@H]1COc2ccccc21)[C@H]1CCCO1. The summed E-state index contributed by atoms with van der Waals surface area (Å²) in [5.41, 5.74) is 1.04. The summed E-state index contributed by atoms with van der Waals surface area (Å²) in [6.45, 7) is 3.36. The maximum absolute atomic E-state index is 12.2. The second-order valence-electron chi connectivity index (χ2n) is 5.59. The molecule has 0 bridgehead atoms. The lowest BCUT2D eigenvalue weighted by molar-refractivity contribution is 0.0794. The third kappa shape index (κ3) is 3.13. The van der Waals surface area contributed by atoms with Crippen molar-refractivity contribution in [3.05, 3.63) is 29.8 Å². The third-order valence-electron chi connectivity index (χ3n) is 4.18. The summed E-state index contributed by atoms with van der Waals surface area (Å²) >= 11 is 0. The average molecular weight is 290 g/mol. The molecule has 0 radical (unpaired) electrons. The number of para-hydroxylation sites is 1. The Morgan fingerprint density at radius 2 is 2.29 bits per heavy atom. The van der Waals surface area contributed by atoms with E-state index in [1.54, 1.807) is 0 Å². The van der Waals surface area contributed by atoms with E-state index in [-0.39, 0.29) is 24.2 Å². The van der Waals surface area contributed by atoms with Crippen molar-refractivity contribution in [1.82, 2.24) is 10.6 Å². The minimum Gasteiger partial charge on any atom is -0.491 e. The van der Waals surface area contributed by atoms with Crippen LogP contribution in [0.4, 0.5) is 4.79 Å². The van der Waals surface area contributed by atoms with Gasteiger partial charge in [0.25, 0.3) is 0 Å². The van der Waals surface area contributed by atoms with E-state index >= 15 is 0 Å². The molecule has 1 fully saturated rings. The number of nitrogens with one attached hydrogen (secondary N) is 2. The van der Waals surface area contributed by atoms with Crippen molar-refractivity contribution in [2.24, 2.45) is 0 Å². The molecular weight excluding hydrogens is 268 g/mol. The number of hydrogen-bond donors (Lipinski definition) is 2. The van der Waals surface area contributed by atoms with E-state index in [1.807, 2.05) is 24.3 Å². The van der Waals surface area contributed by atoms with Gasteiger partial charge in [-0.15, -0.1) is 0 Å². The van der Waals surface area contributed by atoms with Crippen molar-refractivity contribution >= 4 is 6.03 Å². The summed E-state index contributed by atoms with van der Waals surface area (Å²) in [6.07, 6.45) is 3.12. The molecule has 0 aromatic heterocycles. The van der Waals surface area contributed by atoms with Crippen molar-refractivity contribution < 1.29 is 14.3 Å². The monoisotopic (exact) mass is 290 g/mol. The number of fused-ring (bicyclic) bond motifs is 1. The topological polar surface area (TPSA) is 59.6 Å². The number of carbonyl (C=O) groups excluding carboxylic acids is 1. The molecule has 0 spiro atoms. The summed E-state index contributed by atoms with van der Waals surface area (Å²) in [4.78, 5) is 12.2. The van der Waals surface area contributed by atoms with Crippen LogP contribution in [0, 0.1) is 0 Å². The summed E-state index contributed by atoms with van der Waals surface area (Å²) in [5.74, 6) is 0.856. The highest BCUT2D eigenvalue weighted by molar-refractivity contribution is 5.75. The quantitative estimate of drug-likeness (QED) is 0.895. The molecule has 0 unspecified atom stereocenters. The highest BCUT2D eigenvalue weighted by Crippen LogP contribution is 2.31. The van der Waals surface area contributed by atoms with Crippen molar-refractivity contribution in [1.29, 1.82) is 0 Å². The molecule has 2 aliphatic heterocycles. The first-order valence-corrected chi connectivity index (χ1v) is 7.68. The first-order valence-electron chi connectivity index (χ1n) is 7.68. The maximum atomic E-state index is 12.2. The molecule has 2 amide bonds. The van der Waals surface area contributed by atoms with Gasteiger partial charge in [-0.2, -0.15) is 0 Å². The van der Waals surface area contributed by atoms with Crippen LogP contribution in [-0.4, -0.2) is 31.4 Å². The summed E-state index contributed by atoms with van der Waals surface area (Å²) < 4.78 is 11.2. The Bertz CT molecular complexity index is 500. The largest absolute Gasteiger partial charge is 0.491 e. The molecule has 0 aliphatic carbocycles. The highest BCUT2D eigenvalue weighted by Gasteiger charge is 2.29. The van der Waals surface area contributed by atoms with Crippen LogP contribution in [0.25, 0.3) is 0 Å². The zero-order chi connectivity index (χ0) is 14.7. The van der Waals surface area contributed by atoms with Gasteiger partial charge >= 0.3 is 6.03 Å². The van der Waals surface area contributed by atoms with Crippen LogP contribution in [0.1, 0.15) is 37.8 Å². The number of benzene rings is 1. The van der Waals surface area contributed by atoms with E-state index in [0.29, 0.717) is 6.61 Å². The molecule has 21 heavy (non-hydrogen) atoms. The second kappa shape index (κ2) is 6.35. The Labute approximate surface area is 125 Å². The fourth-order valence-electron chi connectivity index (χ4n) is 3.03. The zero-order valence-electron chi connectivity index (χ0n) is 12.3. The minimum absolute atomic E-state index is 0.0741. The van der Waals surface area contributed by atoms with Crippen molar-refractivity contribution in [3.63, 3.8) is 0 Å². The van der Waals surface area contributed by atoms with Crippen LogP contribution >= 0.6 is 0 Å². The standard InChI is InChI=1S/C16H22N2O3/c1-2-12(15-8-5-9-20-15)17-16(19)18-13-10-21-14-7-4-3-6-11(13)14/h3-4,6-7,12-13,15H,2,5,8-10H2,1H3,(H2,17,18,19)/t12-,13+,15+/m0/s1. The zero-order valence-corrected chi connectivity index (χ0v) is 12.3. The lowest BCUT2D eigenvalue weighted by Gasteiger charge is -2.24. The molecule has 3 rings (SSSR count). The second-order valence-corrected chi connectivity index (χ2v) is 5.59. The number of amides is 2. The Morgan fingerprint density at radius 1 is 1.43 bits per heavy atom. The molecule has 114 valence electrons. The lowest BCUT2D eigenvalue weighted by atomic mass is 10.1. The Kier molecular flexibility index (Phi) is 4.29. The van der Waals surface area contributed by atoms with Gasteiger partial charge < -0.3 is 20.1 Å². The van der Waals surface area contributed by atoms with Gasteiger partial charge in [0.1, 0.15) is 12.4 Å². The van der Waals surface area contributed by atoms with Gasteiger partial charge in [0.15, 0.2) is 0 Å². The van der Waals surface area contributed by atoms with Crippen LogP contribution in [0.3, 0.4) is 0 Å². The molecular formula is C16H22N2O3. The van der Waals surface area contributed by atoms with Crippen LogP contribution in [-0.2, 0) is 4.74 Å². The predicted octanol–water partition coefficient (Wildman–Crippen LogP) is 2.38. The van der Waals surface area contributed by atoms with Crippen molar-refractivity contribution in [3.8, 4) is 5.75 Å². The van der Waals surface area contributed by atoms with Gasteiger partial charge in [0.05, 0.1) is 18.2 Å². The van der Waals surface area contributed by atoms with E-state index in [2.05, 4.69) is 17.6 Å². The van der Waals surface area contributed by atoms with Crippen LogP contribution in [0.2, 0.25) is 0 Å². The molecule has 2 heterocycles. The molecule has 1 aromatic rings. The first-order chi connectivity index (χ1) is 10.3. The maximum Gasteiger partial charge on any atom is 0.315 e. The van der Waals surface area contributed by atoms with Crippen molar-refractivity contribution in [2.75, 3.05) is 13.2 Å². The van der Waals surface area contributed by atoms with Gasteiger partial charge in [-0.25, -0.2) is 4.79 Å². The van der Waals surface area contributed by atoms with E-state index < -0.39 is 0 Å². The molecule has 2 N–H and O–H groups in total. The van der Waals surface area contributed by atoms with Crippen LogP contribution in [0.15, 0.2) is 24.3 Å². The Balaban J connectivity index is 1.57. The normalized spacial score (nSPS) is 25.0. The fourth-order valence-corrected chi connectivity index (χ4v) is 3.03. The van der Waals surface area contributed by atoms with Crippen molar-refractivity contribution in [2.45, 2.75) is 44.4 Å². The molecule has 5 heteroatoms. The van der Waals surface area contributed by atoms with Gasteiger partial charge in [0.2, 0.25) is 0 Å². The summed E-state index contributed by atoms with van der Waals surface area (Å²) in [6, 6.07) is 7.66. The molecule has 1 aromatic carbocycles. The van der Waals surface area contributed by atoms with Crippen LogP contribution in [0.5, 0.6) is 5.75 Å². The smallest absolute Gasteiger partial charge is 0.315 e. The molecule has 1 saturated heterocycles. The Hall–Kier alpha value is -1.75. The van der Waals surface area contributed by atoms with Crippen LogP contribution < -0.4 is 15.4 Å². The number of ether oxygens (including phenoxy) is 2. The minimum atomic E-state index is -0.150. The van der Waals surface area contributed by atoms with E-state index in [1.165, 1.54) is 0 Å². The molecule has 5 nitrogen and oxygen atoms in total.